The zero-order valence-corrected chi connectivity index (χ0v) is 16.7. The van der Waals surface area contributed by atoms with E-state index in [-0.39, 0.29) is 24.3 Å². The van der Waals surface area contributed by atoms with E-state index in [0.29, 0.717) is 31.1 Å². The van der Waals surface area contributed by atoms with E-state index >= 15 is 0 Å². The Hall–Kier alpha value is -2.83. The van der Waals surface area contributed by atoms with Crippen LogP contribution >= 0.6 is 0 Å². The highest BCUT2D eigenvalue weighted by Crippen LogP contribution is 2.24. The highest BCUT2D eigenvalue weighted by molar-refractivity contribution is 5.92. The Morgan fingerprint density at radius 3 is 2.79 bits per heavy atom. The summed E-state index contributed by atoms with van der Waals surface area (Å²) in [4.78, 5) is 25.6. The van der Waals surface area contributed by atoms with E-state index < -0.39 is 0 Å². The maximum atomic E-state index is 12.8. The smallest absolute Gasteiger partial charge is 0.276 e. The van der Waals surface area contributed by atoms with Crippen molar-refractivity contribution in [3.8, 4) is 5.75 Å². The average molecular weight is 385 g/mol. The molecule has 1 N–H and O–H groups in total. The zero-order valence-electron chi connectivity index (χ0n) is 16.7. The van der Waals surface area contributed by atoms with E-state index in [2.05, 4.69) is 10.5 Å². The number of carbonyl (C=O) groups is 2. The summed E-state index contributed by atoms with van der Waals surface area (Å²) >= 11 is 0. The summed E-state index contributed by atoms with van der Waals surface area (Å²) in [7, 11) is 0. The molecule has 0 aliphatic carbocycles. The maximum Gasteiger partial charge on any atom is 0.276 e. The molecule has 1 aromatic heterocycles. The number of carbonyl (C=O) groups excluding carboxylic acids is 2. The van der Waals surface area contributed by atoms with Crippen LogP contribution in [0.1, 0.15) is 47.1 Å². The molecule has 1 aromatic carbocycles. The number of nitrogens with zero attached hydrogens (tertiary/aromatic N) is 2. The van der Waals surface area contributed by atoms with Gasteiger partial charge < -0.3 is 19.5 Å². The monoisotopic (exact) mass is 385 g/mol. The minimum atomic E-state index is -0.144. The summed E-state index contributed by atoms with van der Waals surface area (Å²) in [6, 6.07) is 7.62. The van der Waals surface area contributed by atoms with Crippen molar-refractivity contribution in [1.29, 1.82) is 0 Å². The van der Waals surface area contributed by atoms with Crippen LogP contribution in [0.4, 0.5) is 0 Å². The first-order valence-corrected chi connectivity index (χ1v) is 9.62. The van der Waals surface area contributed by atoms with Crippen LogP contribution in [0.3, 0.4) is 0 Å². The highest BCUT2D eigenvalue weighted by atomic mass is 16.5. The molecule has 1 aliphatic rings. The molecule has 0 radical (unpaired) electrons. The first-order valence-electron chi connectivity index (χ1n) is 9.62. The van der Waals surface area contributed by atoms with Crippen LogP contribution in [0.25, 0.3) is 0 Å². The fourth-order valence-electron chi connectivity index (χ4n) is 3.52. The lowest BCUT2D eigenvalue weighted by molar-refractivity contribution is -0.119. The van der Waals surface area contributed by atoms with Gasteiger partial charge in [-0.3, -0.25) is 9.59 Å². The average Bonchev–Trinajstić information content (AvgIpc) is 3.14. The predicted octanol–water partition coefficient (Wildman–Crippen LogP) is 2.86. The van der Waals surface area contributed by atoms with Gasteiger partial charge >= 0.3 is 0 Å². The summed E-state index contributed by atoms with van der Waals surface area (Å²) < 4.78 is 11.2. The third kappa shape index (κ3) is 4.91. The van der Waals surface area contributed by atoms with Crippen molar-refractivity contribution in [3.05, 3.63) is 46.8 Å². The Balaban J connectivity index is 1.58. The van der Waals surface area contributed by atoms with Gasteiger partial charge in [0.15, 0.2) is 11.5 Å². The number of hydrogen-bond donors (Lipinski definition) is 1. The van der Waals surface area contributed by atoms with Gasteiger partial charge in [0, 0.05) is 32.6 Å². The van der Waals surface area contributed by atoms with Gasteiger partial charge in [0.05, 0.1) is 0 Å². The van der Waals surface area contributed by atoms with Crippen LogP contribution < -0.4 is 10.1 Å². The molecule has 1 aliphatic heterocycles. The van der Waals surface area contributed by atoms with Crippen LogP contribution in [0.5, 0.6) is 5.75 Å². The first-order chi connectivity index (χ1) is 13.4. The molecule has 1 saturated heterocycles. The van der Waals surface area contributed by atoms with Crippen molar-refractivity contribution >= 4 is 11.8 Å². The second-order valence-corrected chi connectivity index (χ2v) is 7.38. The molecule has 7 nitrogen and oxygen atoms in total. The summed E-state index contributed by atoms with van der Waals surface area (Å²) in [5, 5.41) is 6.76. The first kappa shape index (κ1) is 19.9. The highest BCUT2D eigenvalue weighted by Gasteiger charge is 2.26. The standard InChI is InChI=1S/C21H27N3O4/c1-14-6-4-7-15(2)20(14)27-13-18-10-19(23-28-18)21(26)24-9-5-8-17(12-24)11-22-16(3)25/h4,6-7,10,17H,5,8-9,11-13H2,1-3H3,(H,22,25)/t17-/m1/s1. The molecule has 0 saturated carbocycles. The lowest BCUT2D eigenvalue weighted by atomic mass is 9.97. The lowest BCUT2D eigenvalue weighted by Crippen LogP contribution is -2.43. The van der Waals surface area contributed by atoms with Gasteiger partial charge in [0.25, 0.3) is 5.91 Å². The molecule has 2 heterocycles. The Morgan fingerprint density at radius 1 is 1.32 bits per heavy atom. The van der Waals surface area contributed by atoms with Gasteiger partial charge in [-0.05, 0) is 43.7 Å². The number of para-hydroxylation sites is 1. The molecule has 7 heteroatoms. The van der Waals surface area contributed by atoms with E-state index in [4.69, 9.17) is 9.26 Å². The van der Waals surface area contributed by atoms with E-state index in [9.17, 15) is 9.59 Å². The number of ether oxygens (including phenoxy) is 1. The van der Waals surface area contributed by atoms with Crippen molar-refractivity contribution in [2.24, 2.45) is 5.92 Å². The van der Waals surface area contributed by atoms with Gasteiger partial charge in [-0.15, -0.1) is 0 Å². The molecule has 2 aromatic rings. The number of benzene rings is 1. The van der Waals surface area contributed by atoms with Crippen molar-refractivity contribution < 1.29 is 18.8 Å². The summed E-state index contributed by atoms with van der Waals surface area (Å²) in [6.45, 7) is 7.60. The molecule has 1 fully saturated rings. The Bertz CT molecular complexity index is 826. The van der Waals surface area contributed by atoms with Gasteiger partial charge in [-0.25, -0.2) is 0 Å². The van der Waals surface area contributed by atoms with E-state index in [0.717, 1.165) is 29.7 Å². The third-order valence-corrected chi connectivity index (χ3v) is 4.99. The number of rotatable bonds is 6. The number of aryl methyl sites for hydroxylation is 2. The minimum Gasteiger partial charge on any atom is -0.485 e. The Kier molecular flexibility index (Phi) is 6.34. The normalized spacial score (nSPS) is 16.7. The predicted molar refractivity (Wildman–Crippen MR) is 104 cm³/mol. The Labute approximate surface area is 165 Å². The number of hydrogen-bond acceptors (Lipinski definition) is 5. The number of piperidine rings is 1. The third-order valence-electron chi connectivity index (χ3n) is 4.99. The molecule has 0 unspecified atom stereocenters. The number of aromatic nitrogens is 1. The minimum absolute atomic E-state index is 0.0477. The molecule has 1 atom stereocenters. The Morgan fingerprint density at radius 2 is 2.07 bits per heavy atom. The van der Waals surface area contributed by atoms with Crippen LogP contribution in [0.15, 0.2) is 28.8 Å². The molecule has 150 valence electrons. The molecule has 2 amide bonds. The van der Waals surface area contributed by atoms with E-state index in [1.807, 2.05) is 32.0 Å². The second kappa shape index (κ2) is 8.91. The van der Waals surface area contributed by atoms with Gasteiger partial charge in [0.2, 0.25) is 5.91 Å². The summed E-state index contributed by atoms with van der Waals surface area (Å²) in [6.07, 6.45) is 1.91. The number of likely N-dealkylation sites (tertiary alicyclic amines) is 1. The largest absolute Gasteiger partial charge is 0.485 e. The molecular weight excluding hydrogens is 358 g/mol. The zero-order chi connectivity index (χ0) is 20.1. The number of nitrogens with one attached hydrogen (secondary N) is 1. The quantitative estimate of drug-likeness (QED) is 0.826. The van der Waals surface area contributed by atoms with E-state index in [1.165, 1.54) is 6.92 Å². The maximum absolute atomic E-state index is 12.8. The molecule has 0 bridgehead atoms. The van der Waals surface area contributed by atoms with Crippen LogP contribution in [-0.4, -0.2) is 41.5 Å². The van der Waals surface area contributed by atoms with Crippen molar-refractivity contribution in [3.63, 3.8) is 0 Å². The van der Waals surface area contributed by atoms with Gasteiger partial charge in [-0.1, -0.05) is 23.4 Å². The van der Waals surface area contributed by atoms with Gasteiger partial charge in [0.1, 0.15) is 12.4 Å². The van der Waals surface area contributed by atoms with Gasteiger partial charge in [-0.2, -0.15) is 0 Å². The summed E-state index contributed by atoms with van der Waals surface area (Å²) in [5.41, 5.74) is 2.39. The van der Waals surface area contributed by atoms with Crippen LogP contribution in [0.2, 0.25) is 0 Å². The van der Waals surface area contributed by atoms with Crippen molar-refractivity contribution in [1.82, 2.24) is 15.4 Å². The fraction of sp³-hybridized carbons (Fsp3) is 0.476. The van der Waals surface area contributed by atoms with Crippen LogP contribution in [0, 0.1) is 19.8 Å². The van der Waals surface area contributed by atoms with E-state index in [1.54, 1.807) is 11.0 Å². The van der Waals surface area contributed by atoms with Crippen molar-refractivity contribution in [2.75, 3.05) is 19.6 Å². The molecule has 3 rings (SSSR count). The molecular formula is C21H27N3O4. The summed E-state index contributed by atoms with van der Waals surface area (Å²) in [5.74, 6) is 1.41. The fourth-order valence-corrected chi connectivity index (χ4v) is 3.52. The van der Waals surface area contributed by atoms with Crippen molar-refractivity contribution in [2.45, 2.75) is 40.2 Å². The van der Waals surface area contributed by atoms with Crippen LogP contribution in [-0.2, 0) is 11.4 Å². The number of amides is 2. The lowest BCUT2D eigenvalue weighted by Gasteiger charge is -2.32. The SMILES string of the molecule is CC(=O)NC[C@H]1CCCN(C(=O)c2cc(COc3c(C)cccc3C)on2)C1. The topological polar surface area (TPSA) is 84.7 Å². The molecule has 28 heavy (non-hydrogen) atoms. The molecule has 0 spiro atoms. The second-order valence-electron chi connectivity index (χ2n) is 7.38.